The van der Waals surface area contributed by atoms with Crippen LogP contribution in [0.5, 0.6) is 0 Å². The molecule has 126 valence electrons. The lowest BCUT2D eigenvalue weighted by molar-refractivity contribution is -0.140. The average molecular weight is 346 g/mol. The number of esters is 1. The van der Waals surface area contributed by atoms with Crippen molar-refractivity contribution in [2.24, 2.45) is 0 Å². The van der Waals surface area contributed by atoms with Gasteiger partial charge in [-0.3, -0.25) is 9.59 Å². The van der Waals surface area contributed by atoms with Gasteiger partial charge < -0.3 is 9.64 Å². The molecule has 5 heteroatoms. The fraction of sp³-hybridized carbons (Fsp3) is 0.263. The molecule has 2 aromatic rings. The van der Waals surface area contributed by atoms with Crippen LogP contribution in [-0.4, -0.2) is 30.4 Å². The monoisotopic (exact) mass is 345 g/mol. The van der Waals surface area contributed by atoms with Gasteiger partial charge in [0.1, 0.15) is 0 Å². The summed E-state index contributed by atoms with van der Waals surface area (Å²) in [5, 5.41) is 0.573. The largest absolute Gasteiger partial charge is 0.469 e. The molecule has 0 radical (unpaired) electrons. The summed E-state index contributed by atoms with van der Waals surface area (Å²) >= 11 is 5.89. The first-order valence-electron chi connectivity index (χ1n) is 7.71. The number of carbonyl (C=O) groups is 2. The lowest BCUT2D eigenvalue weighted by Crippen LogP contribution is -2.35. The van der Waals surface area contributed by atoms with Crippen LogP contribution in [-0.2, 0) is 9.53 Å². The summed E-state index contributed by atoms with van der Waals surface area (Å²) < 4.78 is 4.69. The Morgan fingerprint density at radius 3 is 2.29 bits per heavy atom. The van der Waals surface area contributed by atoms with Crippen molar-refractivity contribution in [1.82, 2.24) is 4.90 Å². The Balaban J connectivity index is 2.26. The van der Waals surface area contributed by atoms with E-state index in [-0.39, 0.29) is 30.9 Å². The maximum atomic E-state index is 12.9. The molecule has 0 saturated carbocycles. The molecule has 0 spiro atoms. The summed E-state index contributed by atoms with van der Waals surface area (Å²) in [6, 6.07) is 16.3. The highest BCUT2D eigenvalue weighted by atomic mass is 35.5. The third kappa shape index (κ3) is 4.59. The van der Waals surface area contributed by atoms with Crippen LogP contribution in [0.3, 0.4) is 0 Å². The topological polar surface area (TPSA) is 46.6 Å². The maximum absolute atomic E-state index is 12.9. The van der Waals surface area contributed by atoms with Crippen LogP contribution in [0.2, 0.25) is 5.02 Å². The third-order valence-corrected chi connectivity index (χ3v) is 4.14. The molecule has 1 atom stereocenters. The van der Waals surface area contributed by atoms with Gasteiger partial charge in [0.25, 0.3) is 5.91 Å². The number of halogens is 1. The van der Waals surface area contributed by atoms with Crippen LogP contribution in [0.25, 0.3) is 0 Å². The zero-order chi connectivity index (χ0) is 17.5. The lowest BCUT2D eigenvalue weighted by Gasteiger charge is -2.29. The summed E-state index contributed by atoms with van der Waals surface area (Å²) in [6.45, 7) is 2.23. The van der Waals surface area contributed by atoms with Crippen molar-refractivity contribution in [2.45, 2.75) is 19.4 Å². The molecule has 2 aromatic carbocycles. The number of ether oxygens (including phenoxy) is 1. The van der Waals surface area contributed by atoms with Crippen LogP contribution in [0.1, 0.15) is 35.3 Å². The molecule has 1 unspecified atom stereocenters. The molecule has 4 nitrogen and oxygen atoms in total. The molecule has 24 heavy (non-hydrogen) atoms. The summed E-state index contributed by atoms with van der Waals surface area (Å²) in [5.74, 6) is -0.490. The molecular weight excluding hydrogens is 326 g/mol. The van der Waals surface area contributed by atoms with E-state index in [0.29, 0.717) is 10.6 Å². The number of hydrogen-bond donors (Lipinski definition) is 0. The second kappa shape index (κ2) is 8.50. The van der Waals surface area contributed by atoms with Crippen LogP contribution in [0.4, 0.5) is 0 Å². The van der Waals surface area contributed by atoms with Gasteiger partial charge in [0.2, 0.25) is 0 Å². The van der Waals surface area contributed by atoms with E-state index < -0.39 is 0 Å². The van der Waals surface area contributed by atoms with Gasteiger partial charge >= 0.3 is 5.97 Å². The van der Waals surface area contributed by atoms with Gasteiger partial charge in [-0.15, -0.1) is 0 Å². The third-order valence-electron chi connectivity index (χ3n) is 3.89. The van der Waals surface area contributed by atoms with E-state index in [1.54, 1.807) is 29.2 Å². The molecule has 0 saturated heterocycles. The molecule has 0 N–H and O–H groups in total. The Labute approximate surface area is 147 Å². The van der Waals surface area contributed by atoms with Gasteiger partial charge in [-0.25, -0.2) is 0 Å². The van der Waals surface area contributed by atoms with E-state index >= 15 is 0 Å². The molecule has 2 rings (SSSR count). The molecule has 1 amide bonds. The zero-order valence-electron chi connectivity index (χ0n) is 13.7. The van der Waals surface area contributed by atoms with Crippen molar-refractivity contribution in [3.8, 4) is 0 Å². The Bertz CT molecular complexity index is 686. The van der Waals surface area contributed by atoms with Gasteiger partial charge in [-0.1, -0.05) is 41.9 Å². The van der Waals surface area contributed by atoms with Crippen molar-refractivity contribution in [1.29, 1.82) is 0 Å². The van der Waals surface area contributed by atoms with Gasteiger partial charge in [0.15, 0.2) is 0 Å². The number of carbonyl (C=O) groups excluding carboxylic acids is 2. The van der Waals surface area contributed by atoms with E-state index in [9.17, 15) is 9.59 Å². The molecule has 0 fully saturated rings. The number of amides is 1. The molecule has 0 bridgehead atoms. The number of nitrogens with zero attached hydrogens (tertiary/aromatic N) is 1. The molecule has 0 heterocycles. The minimum absolute atomic E-state index is 0.146. The predicted octanol–water partition coefficient (Wildman–Crippen LogP) is 4.11. The van der Waals surface area contributed by atoms with Crippen molar-refractivity contribution in [3.63, 3.8) is 0 Å². The second-order valence-electron chi connectivity index (χ2n) is 5.42. The van der Waals surface area contributed by atoms with Crippen molar-refractivity contribution in [3.05, 3.63) is 70.7 Å². The van der Waals surface area contributed by atoms with Crippen LogP contribution in [0.15, 0.2) is 54.6 Å². The maximum Gasteiger partial charge on any atom is 0.307 e. The summed E-state index contributed by atoms with van der Waals surface area (Å²) in [7, 11) is 1.34. The van der Waals surface area contributed by atoms with Crippen molar-refractivity contribution < 1.29 is 14.3 Å². The van der Waals surface area contributed by atoms with E-state index in [1.165, 1.54) is 7.11 Å². The summed E-state index contributed by atoms with van der Waals surface area (Å²) in [5.41, 5.74) is 1.54. The van der Waals surface area contributed by atoms with Crippen molar-refractivity contribution in [2.75, 3.05) is 13.7 Å². The van der Waals surface area contributed by atoms with Gasteiger partial charge in [0.05, 0.1) is 19.6 Å². The normalized spacial score (nSPS) is 11.6. The van der Waals surface area contributed by atoms with Crippen LogP contribution >= 0.6 is 11.6 Å². The van der Waals surface area contributed by atoms with Crippen LogP contribution in [0, 0.1) is 0 Å². The molecule has 0 aromatic heterocycles. The predicted molar refractivity (Wildman–Crippen MR) is 94.0 cm³/mol. The van der Waals surface area contributed by atoms with E-state index in [2.05, 4.69) is 0 Å². The Hall–Kier alpha value is -2.33. The SMILES string of the molecule is COC(=O)CCN(C(=O)c1ccc(Cl)cc1)C(C)c1ccccc1. The highest BCUT2D eigenvalue weighted by Gasteiger charge is 2.23. The number of rotatable bonds is 6. The fourth-order valence-electron chi connectivity index (χ4n) is 2.45. The molecular formula is C19H20ClNO3. The Morgan fingerprint density at radius 2 is 1.71 bits per heavy atom. The highest BCUT2D eigenvalue weighted by molar-refractivity contribution is 6.30. The van der Waals surface area contributed by atoms with E-state index in [1.807, 2.05) is 37.3 Å². The fourth-order valence-corrected chi connectivity index (χ4v) is 2.58. The Morgan fingerprint density at radius 1 is 1.08 bits per heavy atom. The minimum Gasteiger partial charge on any atom is -0.469 e. The highest BCUT2D eigenvalue weighted by Crippen LogP contribution is 2.23. The molecule has 0 aliphatic rings. The minimum atomic E-state index is -0.343. The molecule has 0 aliphatic carbocycles. The second-order valence-corrected chi connectivity index (χ2v) is 5.85. The molecule has 0 aliphatic heterocycles. The van der Waals surface area contributed by atoms with Crippen molar-refractivity contribution >= 4 is 23.5 Å². The standard InChI is InChI=1S/C19H20ClNO3/c1-14(15-6-4-3-5-7-15)21(13-12-18(22)24-2)19(23)16-8-10-17(20)11-9-16/h3-11,14H,12-13H2,1-2H3. The number of hydrogen-bond acceptors (Lipinski definition) is 3. The lowest BCUT2D eigenvalue weighted by atomic mass is 10.1. The summed E-state index contributed by atoms with van der Waals surface area (Å²) in [6.07, 6.45) is 0.146. The van der Waals surface area contributed by atoms with Gasteiger partial charge in [-0.2, -0.15) is 0 Å². The average Bonchev–Trinajstić information content (AvgIpc) is 2.62. The Kier molecular flexibility index (Phi) is 6.38. The first kappa shape index (κ1) is 18.0. The number of benzene rings is 2. The quantitative estimate of drug-likeness (QED) is 0.740. The van der Waals surface area contributed by atoms with Gasteiger partial charge in [-0.05, 0) is 36.8 Å². The zero-order valence-corrected chi connectivity index (χ0v) is 14.5. The van der Waals surface area contributed by atoms with Crippen LogP contribution < -0.4 is 0 Å². The first-order chi connectivity index (χ1) is 11.5. The van der Waals surface area contributed by atoms with E-state index in [4.69, 9.17) is 16.3 Å². The number of methoxy groups -OCH3 is 1. The van der Waals surface area contributed by atoms with E-state index in [0.717, 1.165) is 5.56 Å². The first-order valence-corrected chi connectivity index (χ1v) is 8.09. The van der Waals surface area contributed by atoms with Gasteiger partial charge in [0, 0.05) is 17.1 Å². The smallest absolute Gasteiger partial charge is 0.307 e. The summed E-state index contributed by atoms with van der Waals surface area (Å²) in [4.78, 5) is 26.1.